The van der Waals surface area contributed by atoms with Crippen molar-refractivity contribution in [1.29, 1.82) is 0 Å². The van der Waals surface area contributed by atoms with Crippen LogP contribution in [-0.4, -0.2) is 56.0 Å². The largest absolute Gasteiger partial charge is 0.401 e. The molecule has 2 N–H and O–H groups in total. The Bertz CT molecular complexity index is 165. The highest BCUT2D eigenvalue weighted by atomic mass is 19.4. The maximum absolute atomic E-state index is 12.2. The van der Waals surface area contributed by atoms with Gasteiger partial charge in [-0.1, -0.05) is 0 Å². The van der Waals surface area contributed by atoms with Gasteiger partial charge < -0.3 is 10.4 Å². The molecule has 0 aromatic rings. The standard InChI is InChI=1S/C10H21F3N2O/c1-14-5-7-15(9-10(11,12)13)6-3-2-4-8-16/h14,16H,2-9H2,1H3. The van der Waals surface area contributed by atoms with E-state index in [0.29, 0.717) is 32.5 Å². The van der Waals surface area contributed by atoms with Crippen LogP contribution < -0.4 is 5.32 Å². The quantitative estimate of drug-likeness (QED) is 0.597. The second kappa shape index (κ2) is 8.78. The minimum atomic E-state index is -4.13. The molecule has 98 valence electrons. The summed E-state index contributed by atoms with van der Waals surface area (Å²) in [6.45, 7) is 0.635. The number of aliphatic hydroxyl groups is 1. The van der Waals surface area contributed by atoms with Crippen LogP contribution in [0.2, 0.25) is 0 Å². The predicted octanol–water partition coefficient (Wildman–Crippen LogP) is 1.23. The summed E-state index contributed by atoms with van der Waals surface area (Å²) in [6, 6.07) is 0. The van der Waals surface area contributed by atoms with Gasteiger partial charge in [-0.25, -0.2) is 0 Å². The summed E-state index contributed by atoms with van der Waals surface area (Å²) in [5.74, 6) is 0. The Balaban J connectivity index is 3.81. The van der Waals surface area contributed by atoms with E-state index in [1.54, 1.807) is 7.05 Å². The van der Waals surface area contributed by atoms with Gasteiger partial charge in [0.05, 0.1) is 6.54 Å². The van der Waals surface area contributed by atoms with Crippen LogP contribution in [0.5, 0.6) is 0 Å². The molecule has 0 aliphatic rings. The van der Waals surface area contributed by atoms with Gasteiger partial charge in [0, 0.05) is 19.7 Å². The number of alkyl halides is 3. The summed E-state index contributed by atoms with van der Waals surface area (Å²) in [4.78, 5) is 1.40. The zero-order valence-corrected chi connectivity index (χ0v) is 9.69. The Morgan fingerprint density at radius 3 is 2.31 bits per heavy atom. The second-order valence-electron chi connectivity index (χ2n) is 3.78. The third kappa shape index (κ3) is 10.2. The Kier molecular flexibility index (Phi) is 8.60. The van der Waals surface area contributed by atoms with Crippen LogP contribution in [0.1, 0.15) is 19.3 Å². The molecule has 0 aliphatic carbocycles. The number of nitrogens with zero attached hydrogens (tertiary/aromatic N) is 1. The van der Waals surface area contributed by atoms with Crippen molar-refractivity contribution in [2.75, 3.05) is 39.8 Å². The third-order valence-corrected chi connectivity index (χ3v) is 2.21. The van der Waals surface area contributed by atoms with E-state index in [0.717, 1.165) is 6.42 Å². The summed E-state index contributed by atoms with van der Waals surface area (Å²) < 4.78 is 36.6. The second-order valence-corrected chi connectivity index (χ2v) is 3.78. The first-order chi connectivity index (χ1) is 7.49. The number of likely N-dealkylation sites (N-methyl/N-ethyl adjacent to an activating group) is 1. The van der Waals surface area contributed by atoms with Crippen molar-refractivity contribution in [3.8, 4) is 0 Å². The van der Waals surface area contributed by atoms with Gasteiger partial charge in [0.15, 0.2) is 0 Å². The molecule has 0 saturated heterocycles. The highest BCUT2D eigenvalue weighted by Crippen LogP contribution is 2.16. The van der Waals surface area contributed by atoms with E-state index >= 15 is 0 Å². The van der Waals surface area contributed by atoms with Gasteiger partial charge >= 0.3 is 6.18 Å². The number of hydrogen-bond donors (Lipinski definition) is 2. The van der Waals surface area contributed by atoms with Crippen LogP contribution in [0.3, 0.4) is 0 Å². The van der Waals surface area contributed by atoms with Crippen LogP contribution in [-0.2, 0) is 0 Å². The van der Waals surface area contributed by atoms with Gasteiger partial charge in [0.2, 0.25) is 0 Å². The maximum Gasteiger partial charge on any atom is 0.401 e. The Labute approximate surface area is 94.6 Å². The minimum absolute atomic E-state index is 0.107. The molecule has 6 heteroatoms. The number of unbranched alkanes of at least 4 members (excludes halogenated alkanes) is 2. The predicted molar refractivity (Wildman–Crippen MR) is 57.4 cm³/mol. The summed E-state index contributed by atoms with van der Waals surface area (Å²) in [7, 11) is 1.72. The van der Waals surface area contributed by atoms with E-state index in [2.05, 4.69) is 5.32 Å². The summed E-state index contributed by atoms with van der Waals surface area (Å²) in [5, 5.41) is 11.4. The molecule has 0 aliphatic heterocycles. The number of aliphatic hydroxyl groups excluding tert-OH is 1. The van der Waals surface area contributed by atoms with Crippen molar-refractivity contribution in [1.82, 2.24) is 10.2 Å². The lowest BCUT2D eigenvalue weighted by molar-refractivity contribution is -0.145. The van der Waals surface area contributed by atoms with E-state index in [9.17, 15) is 13.2 Å². The molecule has 0 saturated carbocycles. The first-order valence-corrected chi connectivity index (χ1v) is 5.54. The Morgan fingerprint density at radius 1 is 1.12 bits per heavy atom. The molecule has 0 aromatic heterocycles. The molecule has 0 unspecified atom stereocenters. The zero-order valence-electron chi connectivity index (χ0n) is 9.69. The molecular formula is C10H21F3N2O. The van der Waals surface area contributed by atoms with Crippen molar-refractivity contribution >= 4 is 0 Å². The lowest BCUT2D eigenvalue weighted by Crippen LogP contribution is -2.38. The molecule has 3 nitrogen and oxygen atoms in total. The van der Waals surface area contributed by atoms with Crippen LogP contribution in [0.25, 0.3) is 0 Å². The molecule has 0 fully saturated rings. The molecule has 0 aromatic carbocycles. The molecular weight excluding hydrogens is 221 g/mol. The average Bonchev–Trinajstić information content (AvgIpc) is 2.18. The number of rotatable bonds is 9. The SMILES string of the molecule is CNCCN(CCCCCO)CC(F)(F)F. The van der Waals surface area contributed by atoms with E-state index in [1.165, 1.54) is 4.90 Å². The van der Waals surface area contributed by atoms with Crippen LogP contribution in [0.15, 0.2) is 0 Å². The van der Waals surface area contributed by atoms with Crippen LogP contribution in [0.4, 0.5) is 13.2 Å². The number of halogens is 3. The smallest absolute Gasteiger partial charge is 0.396 e. The summed E-state index contributed by atoms with van der Waals surface area (Å²) in [6.07, 6.45) is -2.01. The minimum Gasteiger partial charge on any atom is -0.396 e. The van der Waals surface area contributed by atoms with Crippen molar-refractivity contribution in [3.05, 3.63) is 0 Å². The molecule has 0 rings (SSSR count). The Morgan fingerprint density at radius 2 is 1.81 bits per heavy atom. The Hall–Kier alpha value is -0.330. The zero-order chi connectivity index (χ0) is 12.4. The van der Waals surface area contributed by atoms with Crippen molar-refractivity contribution in [2.45, 2.75) is 25.4 Å². The first kappa shape index (κ1) is 15.7. The van der Waals surface area contributed by atoms with Gasteiger partial charge in [0.1, 0.15) is 0 Å². The van der Waals surface area contributed by atoms with E-state index < -0.39 is 12.7 Å². The maximum atomic E-state index is 12.2. The first-order valence-electron chi connectivity index (χ1n) is 5.54. The highest BCUT2D eigenvalue weighted by Gasteiger charge is 2.30. The summed E-state index contributed by atoms with van der Waals surface area (Å²) >= 11 is 0. The van der Waals surface area contributed by atoms with Crippen molar-refractivity contribution in [2.24, 2.45) is 0 Å². The molecule has 0 bridgehead atoms. The summed E-state index contributed by atoms with van der Waals surface area (Å²) in [5.41, 5.74) is 0. The third-order valence-electron chi connectivity index (χ3n) is 2.21. The molecule has 0 spiro atoms. The van der Waals surface area contributed by atoms with E-state index in [4.69, 9.17) is 5.11 Å². The van der Waals surface area contributed by atoms with Gasteiger partial charge in [-0.15, -0.1) is 0 Å². The van der Waals surface area contributed by atoms with Gasteiger partial charge in [0.25, 0.3) is 0 Å². The fourth-order valence-electron chi connectivity index (χ4n) is 1.42. The highest BCUT2D eigenvalue weighted by molar-refractivity contribution is 4.64. The fraction of sp³-hybridized carbons (Fsp3) is 1.00. The molecule has 16 heavy (non-hydrogen) atoms. The lowest BCUT2D eigenvalue weighted by atomic mass is 10.2. The monoisotopic (exact) mass is 242 g/mol. The van der Waals surface area contributed by atoms with Crippen molar-refractivity contribution < 1.29 is 18.3 Å². The van der Waals surface area contributed by atoms with Gasteiger partial charge in [-0.2, -0.15) is 13.2 Å². The molecule has 0 heterocycles. The van der Waals surface area contributed by atoms with Crippen LogP contribution in [0, 0.1) is 0 Å². The fourth-order valence-corrected chi connectivity index (χ4v) is 1.42. The van der Waals surface area contributed by atoms with E-state index in [-0.39, 0.29) is 6.61 Å². The topological polar surface area (TPSA) is 35.5 Å². The van der Waals surface area contributed by atoms with Gasteiger partial charge in [-0.3, -0.25) is 4.90 Å². The number of hydrogen-bond acceptors (Lipinski definition) is 3. The normalized spacial score (nSPS) is 12.4. The molecule has 0 radical (unpaired) electrons. The van der Waals surface area contributed by atoms with Crippen molar-refractivity contribution in [3.63, 3.8) is 0 Å². The number of nitrogens with one attached hydrogen (secondary N) is 1. The van der Waals surface area contributed by atoms with Crippen LogP contribution >= 0.6 is 0 Å². The van der Waals surface area contributed by atoms with Gasteiger partial charge in [-0.05, 0) is 32.9 Å². The average molecular weight is 242 g/mol. The molecule has 0 amide bonds. The lowest BCUT2D eigenvalue weighted by Gasteiger charge is -2.23. The van der Waals surface area contributed by atoms with E-state index in [1.807, 2.05) is 0 Å². The molecule has 0 atom stereocenters.